The molecular formula is C8H14O. The maximum atomic E-state index is 9.51. The van der Waals surface area contributed by atoms with Crippen LogP contribution in [0.1, 0.15) is 32.1 Å². The largest absolute Gasteiger partial charge is 0.393 e. The molecule has 0 saturated heterocycles. The predicted octanol–water partition coefficient (Wildman–Crippen LogP) is 1.56. The number of aliphatic hydroxyl groups is 1. The third kappa shape index (κ3) is 0.787. The first-order chi connectivity index (χ1) is 4.38. The topological polar surface area (TPSA) is 20.2 Å². The van der Waals surface area contributed by atoms with Gasteiger partial charge in [-0.15, -0.1) is 0 Å². The van der Waals surface area contributed by atoms with Crippen LogP contribution < -0.4 is 0 Å². The van der Waals surface area contributed by atoms with Crippen molar-refractivity contribution >= 4 is 0 Å². The molecule has 0 aromatic carbocycles. The summed E-state index contributed by atoms with van der Waals surface area (Å²) in [6, 6.07) is 0. The zero-order valence-electron chi connectivity index (χ0n) is 5.71. The Morgan fingerprint density at radius 1 is 0.889 bits per heavy atom. The van der Waals surface area contributed by atoms with Gasteiger partial charge in [-0.3, -0.25) is 0 Å². The molecule has 0 spiro atoms. The van der Waals surface area contributed by atoms with Gasteiger partial charge in [-0.2, -0.15) is 0 Å². The van der Waals surface area contributed by atoms with Crippen molar-refractivity contribution in [3.63, 3.8) is 0 Å². The third-order valence-electron chi connectivity index (χ3n) is 3.02. The molecule has 2 bridgehead atoms. The zero-order valence-corrected chi connectivity index (χ0v) is 5.71. The Balaban J connectivity index is 2.10. The van der Waals surface area contributed by atoms with Gasteiger partial charge in [0.1, 0.15) is 0 Å². The molecule has 0 amide bonds. The van der Waals surface area contributed by atoms with E-state index in [1.165, 1.54) is 32.1 Å². The minimum absolute atomic E-state index is 0.0822. The highest BCUT2D eigenvalue weighted by molar-refractivity contribution is 4.88. The molecule has 1 heteroatoms. The number of aliphatic hydroxyl groups excluding tert-OH is 1. The fraction of sp³-hybridized carbons (Fsp3) is 1.00. The van der Waals surface area contributed by atoms with E-state index >= 15 is 0 Å². The van der Waals surface area contributed by atoms with E-state index in [-0.39, 0.29) is 6.10 Å². The number of rotatable bonds is 0. The quantitative estimate of drug-likeness (QED) is 0.522. The van der Waals surface area contributed by atoms with Crippen LogP contribution >= 0.6 is 0 Å². The van der Waals surface area contributed by atoms with Gasteiger partial charge in [-0.05, 0) is 37.5 Å². The minimum Gasteiger partial charge on any atom is -0.393 e. The van der Waals surface area contributed by atoms with Crippen molar-refractivity contribution in [2.24, 2.45) is 11.8 Å². The molecule has 0 aliphatic heterocycles. The molecule has 0 heterocycles. The van der Waals surface area contributed by atoms with E-state index in [9.17, 15) is 5.11 Å². The highest BCUT2D eigenvalue weighted by atomic mass is 16.3. The van der Waals surface area contributed by atoms with Gasteiger partial charge in [0.2, 0.25) is 0 Å². The number of hydrogen-bond acceptors (Lipinski definition) is 1. The first-order valence-electron chi connectivity index (χ1n) is 4.06. The van der Waals surface area contributed by atoms with Gasteiger partial charge in [0.15, 0.2) is 0 Å². The van der Waals surface area contributed by atoms with Crippen molar-refractivity contribution in [3.05, 3.63) is 0 Å². The molecule has 0 aromatic rings. The predicted molar refractivity (Wildman–Crippen MR) is 36.1 cm³/mol. The summed E-state index contributed by atoms with van der Waals surface area (Å²) in [6.45, 7) is 0. The van der Waals surface area contributed by atoms with Gasteiger partial charge < -0.3 is 5.11 Å². The average molecular weight is 126 g/mol. The van der Waals surface area contributed by atoms with Crippen molar-refractivity contribution in [2.75, 3.05) is 0 Å². The standard InChI is InChI=1S/C8H14O/c9-8-6-2-1-3-7(8)5-4-6/h6-9H,1-5H2. The van der Waals surface area contributed by atoms with Crippen LogP contribution in [0.4, 0.5) is 0 Å². The maximum Gasteiger partial charge on any atom is 0.0596 e. The summed E-state index contributed by atoms with van der Waals surface area (Å²) in [6.07, 6.45) is 6.62. The summed E-state index contributed by atoms with van der Waals surface area (Å²) < 4.78 is 0. The second kappa shape index (κ2) is 1.98. The molecule has 0 radical (unpaired) electrons. The fourth-order valence-electron chi connectivity index (χ4n) is 2.43. The first kappa shape index (κ1) is 5.72. The summed E-state index contributed by atoms with van der Waals surface area (Å²) in [5.74, 6) is 1.37. The summed E-state index contributed by atoms with van der Waals surface area (Å²) in [7, 11) is 0. The van der Waals surface area contributed by atoms with Gasteiger partial charge in [0.05, 0.1) is 6.10 Å². The molecule has 2 fully saturated rings. The fourth-order valence-corrected chi connectivity index (χ4v) is 2.43. The molecule has 0 aromatic heterocycles. The zero-order chi connectivity index (χ0) is 6.27. The lowest BCUT2D eigenvalue weighted by molar-refractivity contribution is 0.0605. The van der Waals surface area contributed by atoms with Crippen molar-refractivity contribution in [3.8, 4) is 0 Å². The van der Waals surface area contributed by atoms with Crippen LogP contribution in [0.2, 0.25) is 0 Å². The van der Waals surface area contributed by atoms with Crippen molar-refractivity contribution < 1.29 is 5.11 Å². The lowest BCUT2D eigenvalue weighted by Crippen LogP contribution is -2.24. The molecule has 52 valence electrons. The summed E-state index contributed by atoms with van der Waals surface area (Å²) in [5, 5.41) is 9.51. The second-order valence-electron chi connectivity index (χ2n) is 3.52. The molecule has 2 rings (SSSR count). The van der Waals surface area contributed by atoms with Crippen LogP contribution in [0.15, 0.2) is 0 Å². The van der Waals surface area contributed by atoms with Gasteiger partial charge >= 0.3 is 0 Å². The normalized spacial score (nSPS) is 49.7. The SMILES string of the molecule is OC1C2CCCC1CC2. The minimum atomic E-state index is 0.0822. The maximum absolute atomic E-state index is 9.51. The van der Waals surface area contributed by atoms with Crippen LogP contribution in [0.25, 0.3) is 0 Å². The van der Waals surface area contributed by atoms with Crippen molar-refractivity contribution in [2.45, 2.75) is 38.2 Å². The molecule has 9 heavy (non-hydrogen) atoms. The Kier molecular flexibility index (Phi) is 1.26. The van der Waals surface area contributed by atoms with Gasteiger partial charge in [0, 0.05) is 0 Å². The highest BCUT2D eigenvalue weighted by Crippen LogP contribution is 2.41. The van der Waals surface area contributed by atoms with Crippen LogP contribution in [-0.4, -0.2) is 11.2 Å². The molecule has 2 saturated carbocycles. The summed E-state index contributed by atoms with van der Waals surface area (Å²) in [4.78, 5) is 0. The van der Waals surface area contributed by atoms with E-state index in [0.717, 1.165) is 0 Å². The second-order valence-corrected chi connectivity index (χ2v) is 3.52. The Morgan fingerprint density at radius 2 is 1.44 bits per heavy atom. The van der Waals surface area contributed by atoms with E-state index in [0.29, 0.717) is 11.8 Å². The molecule has 1 nitrogen and oxygen atoms in total. The van der Waals surface area contributed by atoms with Crippen molar-refractivity contribution in [1.82, 2.24) is 0 Å². The summed E-state index contributed by atoms with van der Waals surface area (Å²) >= 11 is 0. The van der Waals surface area contributed by atoms with Gasteiger partial charge in [-0.25, -0.2) is 0 Å². The lowest BCUT2D eigenvalue weighted by atomic mass is 9.86. The molecule has 2 atom stereocenters. The Labute approximate surface area is 56.1 Å². The average Bonchev–Trinajstić information content (AvgIpc) is 2.19. The van der Waals surface area contributed by atoms with Crippen molar-refractivity contribution in [1.29, 1.82) is 0 Å². The van der Waals surface area contributed by atoms with E-state index in [4.69, 9.17) is 0 Å². The van der Waals surface area contributed by atoms with Crippen LogP contribution in [0.3, 0.4) is 0 Å². The Morgan fingerprint density at radius 3 is 1.89 bits per heavy atom. The van der Waals surface area contributed by atoms with E-state index in [1.807, 2.05) is 0 Å². The molecule has 1 N–H and O–H groups in total. The number of fused-ring (bicyclic) bond motifs is 2. The van der Waals surface area contributed by atoms with Gasteiger partial charge in [0.25, 0.3) is 0 Å². The van der Waals surface area contributed by atoms with Crippen LogP contribution in [0, 0.1) is 11.8 Å². The summed E-state index contributed by atoms with van der Waals surface area (Å²) in [5.41, 5.74) is 0. The first-order valence-corrected chi connectivity index (χ1v) is 4.06. The Bertz CT molecular complexity index is 95.1. The van der Waals surface area contributed by atoms with Gasteiger partial charge in [-0.1, -0.05) is 6.42 Å². The van der Waals surface area contributed by atoms with Crippen LogP contribution in [-0.2, 0) is 0 Å². The molecule has 2 aliphatic rings. The number of hydrogen-bond donors (Lipinski definition) is 1. The monoisotopic (exact) mass is 126 g/mol. The van der Waals surface area contributed by atoms with Crippen LogP contribution in [0.5, 0.6) is 0 Å². The molecule has 2 unspecified atom stereocenters. The molecule has 2 aliphatic carbocycles. The highest BCUT2D eigenvalue weighted by Gasteiger charge is 2.37. The van der Waals surface area contributed by atoms with E-state index < -0.39 is 0 Å². The van der Waals surface area contributed by atoms with E-state index in [2.05, 4.69) is 0 Å². The Hall–Kier alpha value is -0.0400. The smallest absolute Gasteiger partial charge is 0.0596 e. The lowest BCUT2D eigenvalue weighted by Gasteiger charge is -2.24. The molecular weight excluding hydrogens is 112 g/mol. The van der Waals surface area contributed by atoms with E-state index in [1.54, 1.807) is 0 Å². The third-order valence-corrected chi connectivity index (χ3v) is 3.02.